The van der Waals surface area contributed by atoms with Gasteiger partial charge >= 0.3 is 0 Å². The number of fused-ring (bicyclic) bond motifs is 4. The summed E-state index contributed by atoms with van der Waals surface area (Å²) < 4.78 is 26.0. The first-order valence-electron chi connectivity index (χ1n) is 17.5. The Morgan fingerprint density at radius 2 is 1.88 bits per heavy atom. The number of ether oxygens (including phenoxy) is 4. The number of hydrogen-bond donors (Lipinski definition) is 2. The summed E-state index contributed by atoms with van der Waals surface area (Å²) in [4.78, 5) is 0. The van der Waals surface area contributed by atoms with Crippen molar-refractivity contribution in [2.24, 2.45) is 34.0 Å². The number of aliphatic hydroxyl groups is 1. The molecule has 2 spiro atoms. The molecule has 0 bridgehead atoms. The molecule has 244 valence electrons. The van der Waals surface area contributed by atoms with E-state index in [-0.39, 0.29) is 37.0 Å². The van der Waals surface area contributed by atoms with Gasteiger partial charge in [0.1, 0.15) is 0 Å². The Balaban J connectivity index is 1.13. The average molecular weight is 618 g/mol. The highest BCUT2D eigenvalue weighted by molar-refractivity contribution is 7.61. The molecule has 43 heavy (non-hydrogen) atoms. The lowest BCUT2D eigenvalue weighted by molar-refractivity contribution is -0.196. The Morgan fingerprint density at radius 1 is 1.12 bits per heavy atom. The summed E-state index contributed by atoms with van der Waals surface area (Å²) in [6, 6.07) is 0. The monoisotopic (exact) mass is 617 g/mol. The number of rotatable bonds is 6. The van der Waals surface area contributed by atoms with Crippen molar-refractivity contribution in [3.05, 3.63) is 12.3 Å². The highest BCUT2D eigenvalue weighted by atomic mass is 31.1. The second kappa shape index (κ2) is 10.1. The maximum absolute atomic E-state index is 11.1. The van der Waals surface area contributed by atoms with Crippen LogP contribution in [0.2, 0.25) is 0 Å². The standard InChI is InChI=1S/C36H60NO5P/c1-22(2)40-30(31(4,5)38)24-18-23(3)29-25(41-24)19-34(9)26-11-17-43-32(6,7)27(42-28-20-37-15-16-39-28)10-12-36(43)21-35(26,36)14-13-33(29,34)8/h23-30,37-38H,1,10-21H2,2-9H3/t23?,24?,25?,26-,27-,28?,29?,30-,33+,34-,35-,36?,43?/m0/s1. The zero-order chi connectivity index (χ0) is 30.8. The minimum Gasteiger partial charge on any atom is -0.490 e. The molecule has 4 aliphatic heterocycles. The van der Waals surface area contributed by atoms with Gasteiger partial charge in [0, 0.05) is 18.2 Å². The Morgan fingerprint density at radius 3 is 2.56 bits per heavy atom. The van der Waals surface area contributed by atoms with Crippen molar-refractivity contribution in [3.8, 4) is 0 Å². The maximum atomic E-state index is 11.1. The fourth-order valence-electron chi connectivity index (χ4n) is 12.8. The van der Waals surface area contributed by atoms with Crippen LogP contribution in [0.25, 0.3) is 0 Å². The molecular weight excluding hydrogens is 557 g/mol. The van der Waals surface area contributed by atoms with E-state index in [0.29, 0.717) is 39.7 Å². The number of allylic oxidation sites excluding steroid dienone is 1. The minimum atomic E-state index is -0.991. The maximum Gasteiger partial charge on any atom is 0.170 e. The average Bonchev–Trinajstić information content (AvgIpc) is 3.52. The first-order valence-corrected chi connectivity index (χ1v) is 19.1. The molecule has 3 aliphatic carbocycles. The van der Waals surface area contributed by atoms with E-state index in [9.17, 15) is 5.11 Å². The van der Waals surface area contributed by atoms with Gasteiger partial charge in [0.05, 0.1) is 36.3 Å². The van der Waals surface area contributed by atoms with E-state index in [1.807, 2.05) is 20.8 Å². The van der Waals surface area contributed by atoms with Crippen molar-refractivity contribution in [3.63, 3.8) is 0 Å². The fraction of sp³-hybridized carbons (Fsp3) is 0.944. The normalized spacial score (nSPS) is 52.5. The quantitative estimate of drug-likeness (QED) is 0.252. The van der Waals surface area contributed by atoms with Gasteiger partial charge < -0.3 is 29.4 Å². The van der Waals surface area contributed by atoms with Crippen LogP contribution >= 0.6 is 7.92 Å². The van der Waals surface area contributed by atoms with E-state index in [0.717, 1.165) is 38.5 Å². The minimum absolute atomic E-state index is 0.0912. The van der Waals surface area contributed by atoms with Crippen molar-refractivity contribution in [2.75, 3.05) is 25.9 Å². The van der Waals surface area contributed by atoms with Crippen LogP contribution in [-0.4, -0.2) is 77.6 Å². The van der Waals surface area contributed by atoms with Crippen molar-refractivity contribution in [1.82, 2.24) is 5.32 Å². The molecule has 0 aromatic heterocycles. The summed E-state index contributed by atoms with van der Waals surface area (Å²) in [6.45, 7) is 25.0. The molecule has 0 aromatic rings. The van der Waals surface area contributed by atoms with Gasteiger partial charge in [0.15, 0.2) is 12.4 Å². The molecule has 7 aliphatic rings. The number of nitrogens with one attached hydrogen (secondary N) is 1. The van der Waals surface area contributed by atoms with E-state index in [1.165, 1.54) is 44.7 Å². The van der Waals surface area contributed by atoms with E-state index in [1.54, 1.807) is 0 Å². The summed E-state index contributed by atoms with van der Waals surface area (Å²) in [5.74, 6) is 2.55. The first-order chi connectivity index (χ1) is 20.1. The van der Waals surface area contributed by atoms with Gasteiger partial charge in [-0.1, -0.05) is 49.1 Å². The third-order valence-corrected chi connectivity index (χ3v) is 18.8. The number of morpholine rings is 1. The molecule has 0 radical (unpaired) electrons. The van der Waals surface area contributed by atoms with Crippen LogP contribution in [0.4, 0.5) is 0 Å². The molecule has 7 rings (SSSR count). The molecular formula is C36H60NO5P. The molecule has 4 heterocycles. The van der Waals surface area contributed by atoms with Gasteiger partial charge in [-0.05, 0) is 117 Å². The summed E-state index contributed by atoms with van der Waals surface area (Å²) in [5.41, 5.74) is 0.107. The lowest BCUT2D eigenvalue weighted by Gasteiger charge is -2.63. The predicted octanol–water partition coefficient (Wildman–Crippen LogP) is 6.83. The molecule has 4 saturated heterocycles. The van der Waals surface area contributed by atoms with Crippen LogP contribution < -0.4 is 5.32 Å². The Kier molecular flexibility index (Phi) is 7.39. The molecule has 3 saturated carbocycles. The van der Waals surface area contributed by atoms with Gasteiger partial charge in [-0.25, -0.2) is 0 Å². The van der Waals surface area contributed by atoms with E-state index in [2.05, 4.69) is 46.5 Å². The second-order valence-electron chi connectivity index (χ2n) is 17.6. The van der Waals surface area contributed by atoms with Gasteiger partial charge in [-0.2, -0.15) is 0 Å². The summed E-state index contributed by atoms with van der Waals surface area (Å²) in [7, 11) is -0.122. The van der Waals surface area contributed by atoms with Crippen LogP contribution in [0, 0.1) is 34.0 Å². The zero-order valence-electron chi connectivity index (χ0n) is 28.3. The Labute approximate surface area is 262 Å². The third kappa shape index (κ3) is 4.38. The smallest absolute Gasteiger partial charge is 0.170 e. The van der Waals surface area contributed by atoms with Crippen molar-refractivity contribution in [2.45, 2.75) is 153 Å². The van der Waals surface area contributed by atoms with Crippen molar-refractivity contribution in [1.29, 1.82) is 0 Å². The van der Waals surface area contributed by atoms with Gasteiger partial charge in [0.2, 0.25) is 0 Å². The molecule has 7 heteroatoms. The number of hydrogen-bond acceptors (Lipinski definition) is 6. The van der Waals surface area contributed by atoms with Crippen LogP contribution in [-0.2, 0) is 18.9 Å². The van der Waals surface area contributed by atoms with E-state index < -0.39 is 11.7 Å². The zero-order valence-corrected chi connectivity index (χ0v) is 29.2. The van der Waals surface area contributed by atoms with Gasteiger partial charge in [0.25, 0.3) is 0 Å². The largest absolute Gasteiger partial charge is 0.490 e. The second-order valence-corrected chi connectivity index (χ2v) is 20.9. The molecule has 6 nitrogen and oxygen atoms in total. The van der Waals surface area contributed by atoms with E-state index in [4.69, 9.17) is 18.9 Å². The Bertz CT molecular complexity index is 1120. The van der Waals surface area contributed by atoms with Crippen molar-refractivity contribution >= 4 is 7.92 Å². The molecule has 13 atom stereocenters. The van der Waals surface area contributed by atoms with Crippen LogP contribution in [0.3, 0.4) is 0 Å². The highest BCUT2D eigenvalue weighted by Crippen LogP contribution is 2.92. The van der Waals surface area contributed by atoms with E-state index >= 15 is 0 Å². The lowest BCUT2D eigenvalue weighted by Crippen LogP contribution is -2.58. The van der Waals surface area contributed by atoms with Gasteiger partial charge in [-0.15, -0.1) is 0 Å². The Hall–Kier alpha value is -0.230. The highest BCUT2D eigenvalue weighted by Gasteiger charge is 2.83. The van der Waals surface area contributed by atoms with Crippen LogP contribution in [0.1, 0.15) is 107 Å². The first kappa shape index (κ1) is 31.4. The van der Waals surface area contributed by atoms with Crippen LogP contribution in [0.15, 0.2) is 12.3 Å². The SMILES string of the molecule is C=C(C)O[C@@H](C1CC(C)C2C(C[C@@]3(C)[C@@H]4CCP5C(C)(C)[C@@H](OC6CNCCO6)CCC56C[C@@]46CC[C@]23C)O1)C(C)(C)O. The van der Waals surface area contributed by atoms with Crippen LogP contribution in [0.5, 0.6) is 0 Å². The van der Waals surface area contributed by atoms with Gasteiger partial charge in [-0.3, -0.25) is 0 Å². The predicted molar refractivity (Wildman–Crippen MR) is 172 cm³/mol. The molecule has 7 unspecified atom stereocenters. The van der Waals surface area contributed by atoms with Crippen molar-refractivity contribution < 1.29 is 24.1 Å². The molecule has 0 aromatic carbocycles. The third-order valence-electron chi connectivity index (χ3n) is 14.6. The molecule has 2 N–H and O–H groups in total. The summed E-state index contributed by atoms with van der Waals surface area (Å²) in [6.07, 6.45) is 11.5. The molecule has 0 amide bonds. The molecule has 7 fully saturated rings. The summed E-state index contributed by atoms with van der Waals surface area (Å²) in [5, 5.41) is 15.3. The summed E-state index contributed by atoms with van der Waals surface area (Å²) >= 11 is 0. The fourth-order valence-corrected chi connectivity index (χ4v) is 17.6. The topological polar surface area (TPSA) is 69.2 Å². The lowest BCUT2D eigenvalue weighted by atomic mass is 9.46.